The Morgan fingerprint density at radius 3 is 2.71 bits per heavy atom. The highest BCUT2D eigenvalue weighted by atomic mass is 35.5. The van der Waals surface area contributed by atoms with E-state index in [1.54, 1.807) is 23.7 Å². The Kier molecular flexibility index (Phi) is 2.91. The summed E-state index contributed by atoms with van der Waals surface area (Å²) in [6.07, 6.45) is 0. The molecule has 0 bridgehead atoms. The largest absolute Gasteiger partial charge is 0.438 e. The zero-order valence-electron chi connectivity index (χ0n) is 6.91. The van der Waals surface area contributed by atoms with E-state index in [0.29, 0.717) is 21.7 Å². The Hall–Kier alpha value is -0.770. The molecule has 0 unspecified atom stereocenters. The van der Waals surface area contributed by atoms with Crippen molar-refractivity contribution in [2.24, 2.45) is 0 Å². The van der Waals surface area contributed by atoms with Crippen molar-refractivity contribution in [3.05, 3.63) is 39.1 Å². The van der Waals surface area contributed by atoms with Gasteiger partial charge in [0.15, 0.2) is 0 Å². The van der Waals surface area contributed by atoms with Gasteiger partial charge in [-0.25, -0.2) is 4.98 Å². The van der Waals surface area contributed by atoms with Gasteiger partial charge >= 0.3 is 0 Å². The average Bonchev–Trinajstić information content (AvgIpc) is 2.64. The number of benzene rings is 1. The van der Waals surface area contributed by atoms with E-state index in [9.17, 15) is 0 Å². The average molecular weight is 246 g/mol. The maximum atomic E-state index is 5.82. The van der Waals surface area contributed by atoms with E-state index < -0.39 is 0 Å². The third-order valence-electron chi connectivity index (χ3n) is 1.52. The molecule has 1 aromatic carbocycles. The fraction of sp³-hybridized carbons (Fsp3) is 0. The summed E-state index contributed by atoms with van der Waals surface area (Å²) in [5.74, 6) is 1.19. The molecule has 1 aromatic heterocycles. The molecule has 2 nitrogen and oxygen atoms in total. The molecule has 0 spiro atoms. The summed E-state index contributed by atoms with van der Waals surface area (Å²) >= 11 is 13.1. The van der Waals surface area contributed by atoms with Crippen LogP contribution in [-0.2, 0) is 0 Å². The Labute approximate surface area is 95.1 Å². The van der Waals surface area contributed by atoms with E-state index in [2.05, 4.69) is 4.98 Å². The Morgan fingerprint density at radius 2 is 2.07 bits per heavy atom. The highest BCUT2D eigenvalue weighted by Crippen LogP contribution is 2.29. The Balaban J connectivity index is 2.22. The summed E-state index contributed by atoms with van der Waals surface area (Å²) in [6, 6.07) is 5.09. The first-order valence-electron chi connectivity index (χ1n) is 3.77. The molecule has 0 aliphatic carbocycles. The summed E-state index contributed by atoms with van der Waals surface area (Å²) in [5.41, 5.74) is 1.70. The molecule has 0 fully saturated rings. The van der Waals surface area contributed by atoms with Gasteiger partial charge in [-0.1, -0.05) is 23.2 Å². The van der Waals surface area contributed by atoms with Crippen LogP contribution < -0.4 is 4.74 Å². The van der Waals surface area contributed by atoms with Gasteiger partial charge in [0.05, 0.1) is 20.9 Å². The second-order valence-electron chi connectivity index (χ2n) is 2.50. The lowest BCUT2D eigenvalue weighted by molar-refractivity contribution is 0.466. The molecule has 1 heterocycles. The standard InChI is InChI=1S/C9H5Cl2NOS/c10-7-2-1-6(3-8(7)11)13-9-4-14-5-12-9/h1-5H. The lowest BCUT2D eigenvalue weighted by Gasteiger charge is -2.02. The zero-order chi connectivity index (χ0) is 9.97. The second kappa shape index (κ2) is 4.17. The molecule has 0 amide bonds. The Bertz CT molecular complexity index is 430. The van der Waals surface area contributed by atoms with Gasteiger partial charge in [-0.05, 0) is 12.1 Å². The minimum Gasteiger partial charge on any atom is -0.438 e. The highest BCUT2D eigenvalue weighted by molar-refractivity contribution is 7.07. The SMILES string of the molecule is Clc1ccc(Oc2cscn2)cc1Cl. The van der Waals surface area contributed by atoms with E-state index in [1.807, 2.05) is 5.38 Å². The van der Waals surface area contributed by atoms with Crippen LogP contribution >= 0.6 is 34.5 Å². The quantitative estimate of drug-likeness (QED) is 0.790. The monoisotopic (exact) mass is 245 g/mol. The van der Waals surface area contributed by atoms with E-state index in [-0.39, 0.29) is 0 Å². The lowest BCUT2D eigenvalue weighted by Crippen LogP contribution is -1.83. The van der Waals surface area contributed by atoms with Crippen LogP contribution in [0.3, 0.4) is 0 Å². The van der Waals surface area contributed by atoms with Crippen molar-refractivity contribution in [2.45, 2.75) is 0 Å². The topological polar surface area (TPSA) is 22.1 Å². The number of aromatic nitrogens is 1. The molecule has 5 heteroatoms. The number of nitrogens with zero attached hydrogens (tertiary/aromatic N) is 1. The molecule has 0 radical (unpaired) electrons. The van der Waals surface area contributed by atoms with Gasteiger partial charge in [0.25, 0.3) is 0 Å². The smallest absolute Gasteiger partial charge is 0.230 e. The van der Waals surface area contributed by atoms with Gasteiger partial charge in [-0.3, -0.25) is 0 Å². The number of halogens is 2. The van der Waals surface area contributed by atoms with Crippen LogP contribution in [0.2, 0.25) is 10.0 Å². The molecule has 2 rings (SSSR count). The minimum atomic E-state index is 0.472. The van der Waals surface area contributed by atoms with Crippen molar-refractivity contribution >= 4 is 34.5 Å². The molecule has 0 N–H and O–H groups in total. The van der Waals surface area contributed by atoms with Crippen molar-refractivity contribution in [3.63, 3.8) is 0 Å². The maximum Gasteiger partial charge on any atom is 0.230 e. The molecule has 0 aliphatic heterocycles. The molecule has 0 aliphatic rings. The number of ether oxygens (including phenoxy) is 1. The van der Waals surface area contributed by atoms with Crippen molar-refractivity contribution in [2.75, 3.05) is 0 Å². The van der Waals surface area contributed by atoms with Gasteiger partial charge in [0.2, 0.25) is 5.88 Å². The normalized spacial score (nSPS) is 10.1. The van der Waals surface area contributed by atoms with Crippen LogP contribution in [0.25, 0.3) is 0 Å². The van der Waals surface area contributed by atoms with Gasteiger partial charge in [-0.15, -0.1) is 11.3 Å². The number of rotatable bonds is 2. The molecule has 14 heavy (non-hydrogen) atoms. The first-order valence-corrected chi connectivity index (χ1v) is 5.46. The van der Waals surface area contributed by atoms with Gasteiger partial charge in [0, 0.05) is 6.07 Å². The molecular formula is C9H5Cl2NOS. The van der Waals surface area contributed by atoms with Crippen LogP contribution in [0.4, 0.5) is 0 Å². The molecular weight excluding hydrogens is 241 g/mol. The number of hydrogen-bond donors (Lipinski definition) is 0. The van der Waals surface area contributed by atoms with Crippen molar-refractivity contribution in [3.8, 4) is 11.6 Å². The lowest BCUT2D eigenvalue weighted by atomic mass is 10.3. The predicted molar refractivity (Wildman–Crippen MR) is 58.7 cm³/mol. The summed E-state index contributed by atoms with van der Waals surface area (Å²) in [7, 11) is 0. The minimum absolute atomic E-state index is 0.472. The van der Waals surface area contributed by atoms with Crippen molar-refractivity contribution in [1.82, 2.24) is 4.98 Å². The highest BCUT2D eigenvalue weighted by Gasteiger charge is 2.02. The molecule has 0 saturated heterocycles. The summed E-state index contributed by atoms with van der Waals surface area (Å²) in [4.78, 5) is 3.98. The molecule has 0 saturated carbocycles. The fourth-order valence-corrected chi connectivity index (χ4v) is 1.65. The van der Waals surface area contributed by atoms with Crippen LogP contribution in [0, 0.1) is 0 Å². The van der Waals surface area contributed by atoms with Gasteiger partial charge in [-0.2, -0.15) is 0 Å². The van der Waals surface area contributed by atoms with E-state index >= 15 is 0 Å². The maximum absolute atomic E-state index is 5.82. The van der Waals surface area contributed by atoms with Crippen LogP contribution in [-0.4, -0.2) is 4.98 Å². The second-order valence-corrected chi connectivity index (χ2v) is 4.04. The Morgan fingerprint density at radius 1 is 1.21 bits per heavy atom. The predicted octanol–water partition coefficient (Wildman–Crippen LogP) is 4.24. The third kappa shape index (κ3) is 2.18. The number of thiazole rings is 1. The van der Waals surface area contributed by atoms with Gasteiger partial charge in [0.1, 0.15) is 5.75 Å². The van der Waals surface area contributed by atoms with Crippen molar-refractivity contribution < 1.29 is 4.74 Å². The summed E-state index contributed by atoms with van der Waals surface area (Å²) < 4.78 is 5.41. The van der Waals surface area contributed by atoms with E-state index in [4.69, 9.17) is 27.9 Å². The molecule has 0 atom stereocenters. The fourth-order valence-electron chi connectivity index (χ4n) is 0.913. The van der Waals surface area contributed by atoms with Crippen LogP contribution in [0.1, 0.15) is 0 Å². The van der Waals surface area contributed by atoms with Crippen LogP contribution in [0.15, 0.2) is 29.1 Å². The van der Waals surface area contributed by atoms with E-state index in [1.165, 1.54) is 11.3 Å². The first kappa shape index (κ1) is 9.77. The van der Waals surface area contributed by atoms with Gasteiger partial charge < -0.3 is 4.74 Å². The third-order valence-corrected chi connectivity index (χ3v) is 2.83. The summed E-state index contributed by atoms with van der Waals surface area (Å²) in [5, 5.41) is 2.79. The van der Waals surface area contributed by atoms with Crippen LogP contribution in [0.5, 0.6) is 11.6 Å². The first-order chi connectivity index (χ1) is 6.75. The molecule has 72 valence electrons. The summed E-state index contributed by atoms with van der Waals surface area (Å²) in [6.45, 7) is 0. The van der Waals surface area contributed by atoms with Crippen molar-refractivity contribution in [1.29, 1.82) is 0 Å². The van der Waals surface area contributed by atoms with E-state index in [0.717, 1.165) is 0 Å². The molecule has 2 aromatic rings. The number of hydrogen-bond acceptors (Lipinski definition) is 3. The zero-order valence-corrected chi connectivity index (χ0v) is 9.23.